The number of nitrogens with zero attached hydrogens (tertiary/aromatic N) is 1. The third kappa shape index (κ3) is 4.29. The van der Waals surface area contributed by atoms with Crippen molar-refractivity contribution in [3.05, 3.63) is 0 Å². The van der Waals surface area contributed by atoms with Gasteiger partial charge in [-0.2, -0.15) is 0 Å². The molecule has 0 aliphatic carbocycles. The predicted octanol–water partition coefficient (Wildman–Crippen LogP) is -0.238. The maximum atomic E-state index is 11.5. The average Bonchev–Trinajstić information content (AvgIpc) is 2.77. The van der Waals surface area contributed by atoms with Gasteiger partial charge in [-0.25, -0.2) is 0 Å². The second-order valence-corrected chi connectivity index (χ2v) is 3.59. The Labute approximate surface area is 89.8 Å². The molecule has 0 radical (unpaired) electrons. The highest BCUT2D eigenvalue weighted by molar-refractivity contribution is 5.78. The standard InChI is InChI=1S/C10H18N2O3/c1-15-10(14)4-5-11-8-9(13)12-6-2-3-7-12/h11H,2-8H2,1H3. The van der Waals surface area contributed by atoms with E-state index in [2.05, 4.69) is 10.1 Å². The van der Waals surface area contributed by atoms with Gasteiger partial charge in [-0.3, -0.25) is 9.59 Å². The highest BCUT2D eigenvalue weighted by Gasteiger charge is 2.16. The molecule has 1 aliphatic rings. The van der Waals surface area contributed by atoms with Crippen LogP contribution in [0.5, 0.6) is 0 Å². The molecule has 0 bridgehead atoms. The van der Waals surface area contributed by atoms with Crippen molar-refractivity contribution >= 4 is 11.9 Å². The van der Waals surface area contributed by atoms with Crippen LogP contribution in [0.15, 0.2) is 0 Å². The lowest BCUT2D eigenvalue weighted by molar-refractivity contribution is -0.140. The Morgan fingerprint density at radius 2 is 2.00 bits per heavy atom. The summed E-state index contributed by atoms with van der Waals surface area (Å²) in [6.07, 6.45) is 2.52. The summed E-state index contributed by atoms with van der Waals surface area (Å²) in [4.78, 5) is 24.1. The number of carbonyl (C=O) groups is 2. The highest BCUT2D eigenvalue weighted by atomic mass is 16.5. The first-order chi connectivity index (χ1) is 7.24. The number of carbonyl (C=O) groups excluding carboxylic acids is 2. The Morgan fingerprint density at radius 3 is 2.60 bits per heavy atom. The number of rotatable bonds is 5. The summed E-state index contributed by atoms with van der Waals surface area (Å²) in [5.74, 6) is -0.131. The van der Waals surface area contributed by atoms with Crippen molar-refractivity contribution in [1.82, 2.24) is 10.2 Å². The van der Waals surface area contributed by atoms with Gasteiger partial charge in [0.25, 0.3) is 0 Å². The van der Waals surface area contributed by atoms with E-state index < -0.39 is 0 Å². The molecular formula is C10H18N2O3. The molecule has 1 aliphatic heterocycles. The van der Waals surface area contributed by atoms with E-state index in [0.29, 0.717) is 19.5 Å². The van der Waals surface area contributed by atoms with Crippen molar-refractivity contribution in [3.63, 3.8) is 0 Å². The van der Waals surface area contributed by atoms with Crippen molar-refractivity contribution in [2.45, 2.75) is 19.3 Å². The van der Waals surface area contributed by atoms with Crippen LogP contribution in [0.1, 0.15) is 19.3 Å². The Morgan fingerprint density at radius 1 is 1.33 bits per heavy atom. The Bertz CT molecular complexity index is 225. The lowest BCUT2D eigenvalue weighted by Crippen LogP contribution is -2.36. The van der Waals surface area contributed by atoms with E-state index in [-0.39, 0.29) is 11.9 Å². The SMILES string of the molecule is COC(=O)CCNCC(=O)N1CCCC1. The zero-order valence-electron chi connectivity index (χ0n) is 9.12. The summed E-state index contributed by atoms with van der Waals surface area (Å²) in [5, 5.41) is 2.94. The van der Waals surface area contributed by atoms with E-state index in [1.54, 1.807) is 0 Å². The van der Waals surface area contributed by atoms with Gasteiger partial charge in [-0.15, -0.1) is 0 Å². The number of esters is 1. The topological polar surface area (TPSA) is 58.6 Å². The van der Waals surface area contributed by atoms with Gasteiger partial charge in [-0.1, -0.05) is 0 Å². The lowest BCUT2D eigenvalue weighted by Gasteiger charge is -2.15. The average molecular weight is 214 g/mol. The Hall–Kier alpha value is -1.10. The number of hydrogen-bond acceptors (Lipinski definition) is 4. The van der Waals surface area contributed by atoms with E-state index >= 15 is 0 Å². The molecule has 1 saturated heterocycles. The van der Waals surface area contributed by atoms with Crippen LogP contribution in [0.25, 0.3) is 0 Å². The van der Waals surface area contributed by atoms with Crippen LogP contribution in [-0.2, 0) is 14.3 Å². The van der Waals surface area contributed by atoms with Crippen molar-refractivity contribution in [2.24, 2.45) is 0 Å². The third-order valence-electron chi connectivity index (χ3n) is 2.47. The predicted molar refractivity (Wildman–Crippen MR) is 55.3 cm³/mol. The second-order valence-electron chi connectivity index (χ2n) is 3.59. The molecule has 0 spiro atoms. The minimum atomic E-state index is -0.254. The quantitative estimate of drug-likeness (QED) is 0.507. The normalized spacial score (nSPS) is 15.4. The summed E-state index contributed by atoms with van der Waals surface area (Å²) in [5.41, 5.74) is 0. The Balaban J connectivity index is 2.04. The van der Waals surface area contributed by atoms with E-state index in [1.807, 2.05) is 4.90 Å². The van der Waals surface area contributed by atoms with Gasteiger partial charge in [0, 0.05) is 19.6 Å². The molecule has 0 aromatic rings. The number of methoxy groups -OCH3 is 1. The molecule has 1 amide bonds. The maximum Gasteiger partial charge on any atom is 0.306 e. The zero-order chi connectivity index (χ0) is 11.1. The van der Waals surface area contributed by atoms with Crippen LogP contribution in [-0.4, -0.2) is 50.1 Å². The summed E-state index contributed by atoms with van der Waals surface area (Å²) in [6.45, 7) is 2.55. The molecule has 15 heavy (non-hydrogen) atoms. The molecule has 5 nitrogen and oxygen atoms in total. The largest absolute Gasteiger partial charge is 0.469 e. The molecule has 1 N–H and O–H groups in total. The van der Waals surface area contributed by atoms with Crippen molar-refractivity contribution in [2.75, 3.05) is 33.3 Å². The molecule has 5 heteroatoms. The first-order valence-corrected chi connectivity index (χ1v) is 5.29. The van der Waals surface area contributed by atoms with Crippen LogP contribution >= 0.6 is 0 Å². The number of nitrogens with one attached hydrogen (secondary N) is 1. The van der Waals surface area contributed by atoms with E-state index in [4.69, 9.17) is 0 Å². The van der Waals surface area contributed by atoms with Gasteiger partial charge in [0.2, 0.25) is 5.91 Å². The first kappa shape index (κ1) is 12.0. The van der Waals surface area contributed by atoms with Gasteiger partial charge >= 0.3 is 5.97 Å². The fraction of sp³-hybridized carbons (Fsp3) is 0.800. The van der Waals surface area contributed by atoms with Crippen molar-refractivity contribution in [3.8, 4) is 0 Å². The Kier molecular flexibility index (Phi) is 5.10. The molecule has 1 fully saturated rings. The molecule has 1 rings (SSSR count). The molecular weight excluding hydrogens is 196 g/mol. The van der Waals surface area contributed by atoms with Gasteiger partial charge < -0.3 is 15.0 Å². The molecule has 0 aromatic carbocycles. The fourth-order valence-electron chi connectivity index (χ4n) is 1.57. The molecule has 0 saturated carbocycles. The van der Waals surface area contributed by atoms with Crippen LogP contribution in [0.2, 0.25) is 0 Å². The zero-order valence-corrected chi connectivity index (χ0v) is 9.12. The molecule has 0 atom stereocenters. The number of likely N-dealkylation sites (tertiary alicyclic amines) is 1. The van der Waals surface area contributed by atoms with Crippen LogP contribution in [0.4, 0.5) is 0 Å². The van der Waals surface area contributed by atoms with Gasteiger partial charge in [-0.05, 0) is 12.8 Å². The second kappa shape index (κ2) is 6.40. The number of hydrogen-bond donors (Lipinski definition) is 1. The van der Waals surface area contributed by atoms with Crippen LogP contribution in [0.3, 0.4) is 0 Å². The molecule has 1 heterocycles. The summed E-state index contributed by atoms with van der Waals surface area (Å²) >= 11 is 0. The number of ether oxygens (including phenoxy) is 1. The number of amides is 1. The maximum absolute atomic E-state index is 11.5. The highest BCUT2D eigenvalue weighted by Crippen LogP contribution is 2.06. The lowest BCUT2D eigenvalue weighted by atomic mass is 10.4. The van der Waals surface area contributed by atoms with E-state index in [0.717, 1.165) is 25.9 Å². The van der Waals surface area contributed by atoms with Gasteiger partial charge in [0.05, 0.1) is 20.1 Å². The van der Waals surface area contributed by atoms with Gasteiger partial charge in [0.1, 0.15) is 0 Å². The molecule has 86 valence electrons. The minimum Gasteiger partial charge on any atom is -0.469 e. The van der Waals surface area contributed by atoms with Crippen molar-refractivity contribution in [1.29, 1.82) is 0 Å². The first-order valence-electron chi connectivity index (χ1n) is 5.29. The van der Waals surface area contributed by atoms with E-state index in [9.17, 15) is 9.59 Å². The van der Waals surface area contributed by atoms with E-state index in [1.165, 1.54) is 7.11 Å². The fourth-order valence-corrected chi connectivity index (χ4v) is 1.57. The monoisotopic (exact) mass is 214 g/mol. The third-order valence-corrected chi connectivity index (χ3v) is 2.47. The summed E-state index contributed by atoms with van der Waals surface area (Å²) < 4.78 is 4.48. The van der Waals surface area contributed by atoms with Crippen LogP contribution in [0, 0.1) is 0 Å². The summed E-state index contributed by atoms with van der Waals surface area (Å²) in [7, 11) is 1.36. The summed E-state index contributed by atoms with van der Waals surface area (Å²) in [6, 6.07) is 0. The van der Waals surface area contributed by atoms with Crippen LogP contribution < -0.4 is 5.32 Å². The molecule has 0 aromatic heterocycles. The smallest absolute Gasteiger partial charge is 0.306 e. The molecule has 0 unspecified atom stereocenters. The minimum absolute atomic E-state index is 0.123. The van der Waals surface area contributed by atoms with Crippen molar-refractivity contribution < 1.29 is 14.3 Å². The van der Waals surface area contributed by atoms with Gasteiger partial charge in [0.15, 0.2) is 0 Å².